The molecule has 0 aliphatic carbocycles. The Labute approximate surface area is 160 Å². The molecule has 0 unspecified atom stereocenters. The van der Waals surface area contributed by atoms with E-state index in [1.807, 2.05) is 36.1 Å². The predicted octanol–water partition coefficient (Wildman–Crippen LogP) is 3.88. The summed E-state index contributed by atoms with van der Waals surface area (Å²) in [5.74, 6) is 1.10. The highest BCUT2D eigenvalue weighted by atomic mass is 16.5. The fourth-order valence-electron chi connectivity index (χ4n) is 3.18. The topological polar surface area (TPSA) is 58.6 Å². The van der Waals surface area contributed by atoms with Crippen LogP contribution in [0.3, 0.4) is 0 Å². The van der Waals surface area contributed by atoms with Gasteiger partial charge in [0.15, 0.2) is 6.61 Å². The molecule has 0 spiro atoms. The summed E-state index contributed by atoms with van der Waals surface area (Å²) in [6.07, 6.45) is 2.08. The Morgan fingerprint density at radius 3 is 2.59 bits per heavy atom. The van der Waals surface area contributed by atoms with E-state index < -0.39 is 0 Å². The second-order valence-corrected chi connectivity index (χ2v) is 7.21. The SMILES string of the molecule is Cc1cccc(OCC(=O)Nc2cccc(C(=O)N3CCC(C)CC3)c2)c1. The first-order valence-electron chi connectivity index (χ1n) is 9.40. The van der Waals surface area contributed by atoms with Crippen LogP contribution in [-0.4, -0.2) is 36.4 Å². The standard InChI is InChI=1S/C22H26N2O3/c1-16-9-11-24(12-10-16)22(26)18-6-4-7-19(14-18)23-21(25)15-27-20-8-3-5-17(2)13-20/h3-8,13-14,16H,9-12,15H2,1-2H3,(H,23,25). The zero-order chi connectivity index (χ0) is 19.2. The van der Waals surface area contributed by atoms with E-state index in [0.29, 0.717) is 22.9 Å². The second kappa shape index (κ2) is 8.71. The van der Waals surface area contributed by atoms with E-state index in [9.17, 15) is 9.59 Å². The van der Waals surface area contributed by atoms with Crippen molar-refractivity contribution >= 4 is 17.5 Å². The summed E-state index contributed by atoms with van der Waals surface area (Å²) in [5, 5.41) is 2.80. The summed E-state index contributed by atoms with van der Waals surface area (Å²) in [7, 11) is 0. The average Bonchev–Trinajstić information content (AvgIpc) is 2.67. The van der Waals surface area contributed by atoms with Crippen LogP contribution in [0, 0.1) is 12.8 Å². The van der Waals surface area contributed by atoms with Crippen LogP contribution >= 0.6 is 0 Å². The Morgan fingerprint density at radius 2 is 1.85 bits per heavy atom. The molecule has 27 heavy (non-hydrogen) atoms. The maximum atomic E-state index is 12.7. The number of piperidine rings is 1. The van der Waals surface area contributed by atoms with Crippen LogP contribution < -0.4 is 10.1 Å². The van der Waals surface area contributed by atoms with E-state index in [2.05, 4.69) is 12.2 Å². The van der Waals surface area contributed by atoms with Crippen molar-refractivity contribution in [1.29, 1.82) is 0 Å². The molecule has 0 saturated carbocycles. The zero-order valence-corrected chi connectivity index (χ0v) is 15.9. The van der Waals surface area contributed by atoms with Gasteiger partial charge in [-0.2, -0.15) is 0 Å². The lowest BCUT2D eigenvalue weighted by atomic mass is 9.98. The van der Waals surface area contributed by atoms with Crippen molar-refractivity contribution in [3.8, 4) is 5.75 Å². The fraction of sp³-hybridized carbons (Fsp3) is 0.364. The number of carbonyl (C=O) groups is 2. The van der Waals surface area contributed by atoms with Crippen LogP contribution in [0.2, 0.25) is 0 Å². The van der Waals surface area contributed by atoms with E-state index in [1.54, 1.807) is 24.3 Å². The molecule has 1 N–H and O–H groups in total. The molecule has 0 aromatic heterocycles. The number of nitrogens with zero attached hydrogens (tertiary/aromatic N) is 1. The van der Waals surface area contributed by atoms with Gasteiger partial charge in [-0.05, 0) is 61.6 Å². The molecule has 1 fully saturated rings. The van der Waals surface area contributed by atoms with Crippen LogP contribution in [-0.2, 0) is 4.79 Å². The van der Waals surface area contributed by atoms with Gasteiger partial charge in [-0.25, -0.2) is 0 Å². The van der Waals surface area contributed by atoms with Crippen LogP contribution in [0.4, 0.5) is 5.69 Å². The number of nitrogens with one attached hydrogen (secondary N) is 1. The van der Waals surface area contributed by atoms with E-state index in [1.165, 1.54) is 0 Å². The Hall–Kier alpha value is -2.82. The largest absolute Gasteiger partial charge is 0.484 e. The highest BCUT2D eigenvalue weighted by molar-refractivity contribution is 5.97. The molecule has 0 radical (unpaired) electrons. The molecule has 2 amide bonds. The van der Waals surface area contributed by atoms with E-state index in [4.69, 9.17) is 4.74 Å². The lowest BCUT2D eigenvalue weighted by Crippen LogP contribution is -2.37. The molecule has 1 saturated heterocycles. The summed E-state index contributed by atoms with van der Waals surface area (Å²) in [4.78, 5) is 26.7. The van der Waals surface area contributed by atoms with Gasteiger partial charge in [0.1, 0.15) is 5.75 Å². The smallest absolute Gasteiger partial charge is 0.262 e. The first-order chi connectivity index (χ1) is 13.0. The molecule has 0 bridgehead atoms. The number of aryl methyl sites for hydroxylation is 1. The Kier molecular flexibility index (Phi) is 6.12. The minimum Gasteiger partial charge on any atom is -0.484 e. The molecule has 2 aromatic carbocycles. The molecule has 1 aliphatic heterocycles. The van der Waals surface area contributed by atoms with Gasteiger partial charge in [0.05, 0.1) is 0 Å². The number of likely N-dealkylation sites (tertiary alicyclic amines) is 1. The van der Waals surface area contributed by atoms with Crippen LogP contribution in [0.5, 0.6) is 5.75 Å². The lowest BCUT2D eigenvalue weighted by Gasteiger charge is -2.30. The lowest BCUT2D eigenvalue weighted by molar-refractivity contribution is -0.118. The summed E-state index contributed by atoms with van der Waals surface area (Å²) in [6.45, 7) is 5.70. The minimum atomic E-state index is -0.257. The highest BCUT2D eigenvalue weighted by Gasteiger charge is 2.21. The number of benzene rings is 2. The Bertz CT molecular complexity index is 811. The monoisotopic (exact) mass is 366 g/mol. The molecule has 2 aromatic rings. The second-order valence-electron chi connectivity index (χ2n) is 7.21. The maximum Gasteiger partial charge on any atom is 0.262 e. The Balaban J connectivity index is 1.56. The van der Waals surface area contributed by atoms with Crippen molar-refractivity contribution in [1.82, 2.24) is 4.90 Å². The molecule has 5 nitrogen and oxygen atoms in total. The van der Waals surface area contributed by atoms with Gasteiger partial charge in [-0.15, -0.1) is 0 Å². The van der Waals surface area contributed by atoms with E-state index in [0.717, 1.165) is 31.5 Å². The number of rotatable bonds is 5. The van der Waals surface area contributed by atoms with Crippen molar-refractivity contribution in [3.05, 3.63) is 59.7 Å². The molecule has 0 atom stereocenters. The van der Waals surface area contributed by atoms with Crippen molar-refractivity contribution in [2.24, 2.45) is 5.92 Å². The van der Waals surface area contributed by atoms with Gasteiger partial charge < -0.3 is 15.0 Å². The van der Waals surface area contributed by atoms with Crippen LogP contribution in [0.1, 0.15) is 35.7 Å². The molecule has 5 heteroatoms. The maximum absolute atomic E-state index is 12.7. The first-order valence-corrected chi connectivity index (χ1v) is 9.40. The summed E-state index contributed by atoms with van der Waals surface area (Å²) < 4.78 is 5.52. The molecule has 3 rings (SSSR count). The van der Waals surface area contributed by atoms with Gasteiger partial charge in [0.25, 0.3) is 11.8 Å². The third-order valence-electron chi connectivity index (χ3n) is 4.82. The number of anilines is 1. The van der Waals surface area contributed by atoms with Crippen molar-refractivity contribution in [2.75, 3.05) is 25.0 Å². The first kappa shape index (κ1) is 19.0. The number of hydrogen-bond acceptors (Lipinski definition) is 3. The molecule has 142 valence electrons. The molecular formula is C22H26N2O3. The van der Waals surface area contributed by atoms with Gasteiger partial charge in [-0.3, -0.25) is 9.59 Å². The fourth-order valence-corrected chi connectivity index (χ4v) is 3.18. The van der Waals surface area contributed by atoms with Gasteiger partial charge in [0, 0.05) is 24.3 Å². The van der Waals surface area contributed by atoms with Crippen LogP contribution in [0.15, 0.2) is 48.5 Å². The van der Waals surface area contributed by atoms with Crippen molar-refractivity contribution < 1.29 is 14.3 Å². The number of amides is 2. The third kappa shape index (κ3) is 5.33. The van der Waals surface area contributed by atoms with E-state index in [-0.39, 0.29) is 18.4 Å². The quantitative estimate of drug-likeness (QED) is 0.873. The zero-order valence-electron chi connectivity index (χ0n) is 15.9. The number of ether oxygens (including phenoxy) is 1. The van der Waals surface area contributed by atoms with Gasteiger partial charge in [-0.1, -0.05) is 25.1 Å². The summed E-state index contributed by atoms with van der Waals surface area (Å²) >= 11 is 0. The Morgan fingerprint density at radius 1 is 1.11 bits per heavy atom. The number of carbonyl (C=O) groups excluding carboxylic acids is 2. The highest BCUT2D eigenvalue weighted by Crippen LogP contribution is 2.20. The summed E-state index contributed by atoms with van der Waals surface area (Å²) in [5.41, 5.74) is 2.28. The van der Waals surface area contributed by atoms with Crippen molar-refractivity contribution in [2.45, 2.75) is 26.7 Å². The molecule has 1 aliphatic rings. The van der Waals surface area contributed by atoms with Gasteiger partial charge >= 0.3 is 0 Å². The van der Waals surface area contributed by atoms with Gasteiger partial charge in [0.2, 0.25) is 0 Å². The molecular weight excluding hydrogens is 340 g/mol. The average molecular weight is 366 g/mol. The minimum absolute atomic E-state index is 0.0222. The summed E-state index contributed by atoms with van der Waals surface area (Å²) in [6, 6.07) is 14.6. The third-order valence-corrected chi connectivity index (χ3v) is 4.82. The van der Waals surface area contributed by atoms with Crippen LogP contribution in [0.25, 0.3) is 0 Å². The number of hydrogen-bond donors (Lipinski definition) is 1. The van der Waals surface area contributed by atoms with Crippen molar-refractivity contribution in [3.63, 3.8) is 0 Å². The normalized spacial score (nSPS) is 14.7. The van der Waals surface area contributed by atoms with E-state index >= 15 is 0 Å². The predicted molar refractivity (Wildman–Crippen MR) is 106 cm³/mol. The molecule has 1 heterocycles.